The van der Waals surface area contributed by atoms with Crippen LogP contribution in [0.3, 0.4) is 0 Å². The maximum absolute atomic E-state index is 12.1. The molecule has 3 aromatic rings. The van der Waals surface area contributed by atoms with Crippen molar-refractivity contribution >= 4 is 29.3 Å². The molecule has 2 aromatic carbocycles. The normalized spacial score (nSPS) is 10.8. The second-order valence-electron chi connectivity index (χ2n) is 5.62. The predicted octanol–water partition coefficient (Wildman–Crippen LogP) is 4.25. The highest BCUT2D eigenvalue weighted by molar-refractivity contribution is 6.32. The molecule has 1 heterocycles. The second-order valence-corrected chi connectivity index (χ2v) is 6.03. The minimum atomic E-state index is -0.245. The number of methoxy groups -OCH3 is 1. The molecule has 26 heavy (non-hydrogen) atoms. The summed E-state index contributed by atoms with van der Waals surface area (Å²) in [6, 6.07) is 15.1. The van der Waals surface area contributed by atoms with Gasteiger partial charge >= 0.3 is 0 Å². The molecule has 0 atom stereocenters. The number of halogens is 1. The highest BCUT2D eigenvalue weighted by Crippen LogP contribution is 2.17. The minimum absolute atomic E-state index is 0.245. The zero-order chi connectivity index (χ0) is 18.4. The van der Waals surface area contributed by atoms with Crippen LogP contribution in [-0.2, 0) is 11.3 Å². The first kappa shape index (κ1) is 17.8. The van der Waals surface area contributed by atoms with E-state index in [0.29, 0.717) is 17.3 Å². The number of hydrogen-bond donors (Lipinski definition) is 1. The quantitative estimate of drug-likeness (QED) is 0.663. The minimum Gasteiger partial charge on any atom is -0.497 e. The summed E-state index contributed by atoms with van der Waals surface area (Å²) in [6.07, 6.45) is 6.51. The van der Waals surface area contributed by atoms with Crippen molar-refractivity contribution in [3.05, 3.63) is 83.2 Å². The molecule has 0 saturated carbocycles. The van der Waals surface area contributed by atoms with E-state index in [1.165, 1.54) is 6.08 Å². The van der Waals surface area contributed by atoms with E-state index in [-0.39, 0.29) is 5.91 Å². The van der Waals surface area contributed by atoms with Gasteiger partial charge in [-0.3, -0.25) is 9.48 Å². The average Bonchev–Trinajstić information content (AvgIpc) is 3.08. The van der Waals surface area contributed by atoms with Crippen LogP contribution in [0.1, 0.15) is 11.1 Å². The molecule has 0 bridgehead atoms. The highest BCUT2D eigenvalue weighted by atomic mass is 35.5. The maximum atomic E-state index is 12.1. The van der Waals surface area contributed by atoms with Crippen molar-refractivity contribution in [2.75, 3.05) is 12.4 Å². The Morgan fingerprint density at radius 1 is 1.27 bits per heavy atom. The fourth-order valence-corrected chi connectivity index (χ4v) is 2.63. The highest BCUT2D eigenvalue weighted by Gasteiger charge is 2.04. The summed E-state index contributed by atoms with van der Waals surface area (Å²) in [4.78, 5) is 12.1. The molecule has 0 aliphatic carbocycles. The SMILES string of the molecule is COc1cccc(Cn2cc(NC(=O)C=Cc3ccccc3Cl)cn2)c1. The van der Waals surface area contributed by atoms with Gasteiger partial charge in [0, 0.05) is 17.3 Å². The maximum Gasteiger partial charge on any atom is 0.248 e. The van der Waals surface area contributed by atoms with Gasteiger partial charge in [0.2, 0.25) is 5.91 Å². The molecule has 132 valence electrons. The lowest BCUT2D eigenvalue weighted by Gasteiger charge is -2.04. The molecular formula is C20H18ClN3O2. The number of carbonyl (C=O) groups excluding carboxylic acids is 1. The summed E-state index contributed by atoms with van der Waals surface area (Å²) < 4.78 is 6.97. The Labute approximate surface area is 156 Å². The van der Waals surface area contributed by atoms with Crippen LogP contribution in [0.15, 0.2) is 67.0 Å². The van der Waals surface area contributed by atoms with Crippen LogP contribution < -0.4 is 10.1 Å². The molecule has 0 unspecified atom stereocenters. The zero-order valence-corrected chi connectivity index (χ0v) is 15.0. The number of ether oxygens (including phenoxy) is 1. The fourth-order valence-electron chi connectivity index (χ4n) is 2.43. The molecule has 0 radical (unpaired) electrons. The van der Waals surface area contributed by atoms with Crippen molar-refractivity contribution in [2.45, 2.75) is 6.54 Å². The van der Waals surface area contributed by atoms with Crippen LogP contribution in [0, 0.1) is 0 Å². The van der Waals surface area contributed by atoms with Crippen molar-refractivity contribution in [1.29, 1.82) is 0 Å². The third-order valence-corrected chi connectivity index (χ3v) is 4.04. The first-order chi connectivity index (χ1) is 12.6. The summed E-state index contributed by atoms with van der Waals surface area (Å²) in [5.41, 5.74) is 2.48. The third kappa shape index (κ3) is 4.74. The molecule has 6 heteroatoms. The molecule has 1 N–H and O–H groups in total. The molecule has 0 spiro atoms. The summed E-state index contributed by atoms with van der Waals surface area (Å²) in [5, 5.41) is 7.65. The number of aromatic nitrogens is 2. The lowest BCUT2D eigenvalue weighted by molar-refractivity contribution is -0.111. The van der Waals surface area contributed by atoms with Crippen molar-refractivity contribution in [3.8, 4) is 5.75 Å². The van der Waals surface area contributed by atoms with Crippen LogP contribution in [0.4, 0.5) is 5.69 Å². The molecule has 0 fully saturated rings. The van der Waals surface area contributed by atoms with Gasteiger partial charge in [0.25, 0.3) is 0 Å². The standard InChI is InChI=1S/C20H18ClN3O2/c1-26-18-7-4-5-15(11-18)13-24-14-17(12-22-24)23-20(25)10-9-16-6-2-3-8-19(16)21/h2-12,14H,13H2,1H3,(H,23,25). The average molecular weight is 368 g/mol. The van der Waals surface area contributed by atoms with E-state index in [1.807, 2.05) is 42.5 Å². The molecule has 1 aromatic heterocycles. The molecule has 0 saturated heterocycles. The van der Waals surface area contributed by atoms with Crippen LogP contribution >= 0.6 is 11.6 Å². The molecule has 5 nitrogen and oxygen atoms in total. The van der Waals surface area contributed by atoms with Gasteiger partial charge in [-0.1, -0.05) is 41.9 Å². The molecule has 0 aliphatic heterocycles. The van der Waals surface area contributed by atoms with E-state index in [0.717, 1.165) is 16.9 Å². The van der Waals surface area contributed by atoms with Gasteiger partial charge in [-0.15, -0.1) is 0 Å². The molecular weight excluding hydrogens is 350 g/mol. The van der Waals surface area contributed by atoms with E-state index in [2.05, 4.69) is 10.4 Å². The second kappa shape index (κ2) is 8.36. The zero-order valence-electron chi connectivity index (χ0n) is 14.2. The Kier molecular flexibility index (Phi) is 5.71. The van der Waals surface area contributed by atoms with E-state index in [9.17, 15) is 4.79 Å². The van der Waals surface area contributed by atoms with Crippen molar-refractivity contribution in [2.24, 2.45) is 0 Å². The number of amides is 1. The third-order valence-electron chi connectivity index (χ3n) is 3.70. The first-order valence-corrected chi connectivity index (χ1v) is 8.41. The van der Waals surface area contributed by atoms with Crippen LogP contribution in [-0.4, -0.2) is 22.8 Å². The Bertz CT molecular complexity index is 934. The Morgan fingerprint density at radius 3 is 2.92 bits per heavy atom. The van der Waals surface area contributed by atoms with E-state index in [4.69, 9.17) is 16.3 Å². The van der Waals surface area contributed by atoms with E-state index < -0.39 is 0 Å². The number of rotatable bonds is 6. The Morgan fingerprint density at radius 2 is 2.12 bits per heavy atom. The summed E-state index contributed by atoms with van der Waals surface area (Å²) >= 11 is 6.06. The smallest absolute Gasteiger partial charge is 0.248 e. The van der Waals surface area contributed by atoms with Crippen LogP contribution in [0.5, 0.6) is 5.75 Å². The van der Waals surface area contributed by atoms with Gasteiger partial charge in [0.05, 0.1) is 25.5 Å². The van der Waals surface area contributed by atoms with Crippen molar-refractivity contribution in [1.82, 2.24) is 9.78 Å². The van der Waals surface area contributed by atoms with Crippen LogP contribution in [0.2, 0.25) is 5.02 Å². The Balaban J connectivity index is 1.61. The Hall–Kier alpha value is -3.05. The molecule has 0 aliphatic rings. The van der Waals surface area contributed by atoms with Crippen molar-refractivity contribution in [3.63, 3.8) is 0 Å². The number of carbonyl (C=O) groups is 1. The van der Waals surface area contributed by atoms with Crippen molar-refractivity contribution < 1.29 is 9.53 Å². The van der Waals surface area contributed by atoms with Gasteiger partial charge in [-0.2, -0.15) is 5.10 Å². The predicted molar refractivity (Wildman–Crippen MR) is 103 cm³/mol. The number of nitrogens with zero attached hydrogens (tertiary/aromatic N) is 2. The van der Waals surface area contributed by atoms with E-state index >= 15 is 0 Å². The summed E-state index contributed by atoms with van der Waals surface area (Å²) in [5.74, 6) is 0.554. The molecule has 3 rings (SSSR count). The summed E-state index contributed by atoms with van der Waals surface area (Å²) in [7, 11) is 1.64. The largest absolute Gasteiger partial charge is 0.497 e. The lowest BCUT2D eigenvalue weighted by Crippen LogP contribution is -2.07. The lowest BCUT2D eigenvalue weighted by atomic mass is 10.2. The fraction of sp³-hybridized carbons (Fsp3) is 0.100. The van der Waals surface area contributed by atoms with E-state index in [1.54, 1.807) is 36.3 Å². The van der Waals surface area contributed by atoms with Gasteiger partial charge in [0.1, 0.15) is 5.75 Å². The van der Waals surface area contributed by atoms with Gasteiger partial charge in [-0.25, -0.2) is 0 Å². The summed E-state index contributed by atoms with van der Waals surface area (Å²) in [6.45, 7) is 0.586. The number of hydrogen-bond acceptors (Lipinski definition) is 3. The van der Waals surface area contributed by atoms with Gasteiger partial charge in [-0.05, 0) is 35.4 Å². The number of benzene rings is 2. The molecule has 1 amide bonds. The first-order valence-electron chi connectivity index (χ1n) is 8.03. The number of anilines is 1. The van der Waals surface area contributed by atoms with Gasteiger partial charge in [0.15, 0.2) is 0 Å². The van der Waals surface area contributed by atoms with Gasteiger partial charge < -0.3 is 10.1 Å². The monoisotopic (exact) mass is 367 g/mol. The van der Waals surface area contributed by atoms with Crippen LogP contribution in [0.25, 0.3) is 6.08 Å². The topological polar surface area (TPSA) is 56.1 Å². The number of nitrogens with one attached hydrogen (secondary N) is 1.